The lowest BCUT2D eigenvalue weighted by atomic mass is 10.3. The molecule has 0 aliphatic carbocycles. The van der Waals surface area contributed by atoms with Gasteiger partial charge in [0.05, 0.1) is 32.5 Å². The molecular formula is C14H21ClN2O5S. The SMILES string of the molecule is COc1cc(OC)c(S(=O)(=O)NCCN2CCOCC2)cc1Cl. The average Bonchev–Trinajstić information content (AvgIpc) is 2.55. The highest BCUT2D eigenvalue weighted by Gasteiger charge is 2.22. The van der Waals surface area contributed by atoms with Crippen molar-refractivity contribution in [3.05, 3.63) is 17.2 Å². The smallest absolute Gasteiger partial charge is 0.244 e. The minimum absolute atomic E-state index is 0.00669. The third-order valence-electron chi connectivity index (χ3n) is 3.55. The van der Waals surface area contributed by atoms with E-state index >= 15 is 0 Å². The van der Waals surface area contributed by atoms with E-state index in [2.05, 4.69) is 9.62 Å². The first kappa shape index (κ1) is 18.3. The molecule has 0 aromatic heterocycles. The zero-order valence-electron chi connectivity index (χ0n) is 13.2. The lowest BCUT2D eigenvalue weighted by molar-refractivity contribution is 0.0390. The standard InChI is InChI=1S/C14H21ClN2O5S/c1-20-12-10-13(21-2)14(9-11(12)15)23(18,19)16-3-4-17-5-7-22-8-6-17/h9-10,16H,3-8H2,1-2H3. The third kappa shape index (κ3) is 4.71. The predicted octanol–water partition coefficient (Wildman–Crippen LogP) is 0.968. The van der Waals surface area contributed by atoms with Gasteiger partial charge >= 0.3 is 0 Å². The van der Waals surface area contributed by atoms with Crippen LogP contribution in [0.15, 0.2) is 17.0 Å². The van der Waals surface area contributed by atoms with Crippen LogP contribution in [-0.4, -0.2) is 66.9 Å². The molecule has 9 heteroatoms. The van der Waals surface area contributed by atoms with Crippen LogP contribution in [0.5, 0.6) is 11.5 Å². The van der Waals surface area contributed by atoms with Gasteiger partial charge in [0, 0.05) is 32.2 Å². The van der Waals surface area contributed by atoms with Crippen LogP contribution in [0.4, 0.5) is 0 Å². The van der Waals surface area contributed by atoms with E-state index in [1.807, 2.05) is 0 Å². The molecule has 0 radical (unpaired) electrons. The Morgan fingerprint density at radius 1 is 1.22 bits per heavy atom. The monoisotopic (exact) mass is 364 g/mol. The average molecular weight is 365 g/mol. The highest BCUT2D eigenvalue weighted by molar-refractivity contribution is 7.89. The Morgan fingerprint density at radius 3 is 2.48 bits per heavy atom. The largest absolute Gasteiger partial charge is 0.495 e. The van der Waals surface area contributed by atoms with E-state index < -0.39 is 10.0 Å². The second kappa shape index (κ2) is 8.16. The van der Waals surface area contributed by atoms with Gasteiger partial charge in [-0.15, -0.1) is 0 Å². The molecule has 2 rings (SSSR count). The van der Waals surface area contributed by atoms with Crippen molar-refractivity contribution in [2.24, 2.45) is 0 Å². The van der Waals surface area contributed by atoms with Gasteiger partial charge in [-0.05, 0) is 6.07 Å². The van der Waals surface area contributed by atoms with E-state index in [4.69, 9.17) is 25.8 Å². The van der Waals surface area contributed by atoms with Crippen molar-refractivity contribution < 1.29 is 22.6 Å². The number of nitrogens with zero attached hydrogens (tertiary/aromatic N) is 1. The molecule has 0 saturated carbocycles. The van der Waals surface area contributed by atoms with Gasteiger partial charge in [-0.3, -0.25) is 4.90 Å². The van der Waals surface area contributed by atoms with Crippen LogP contribution < -0.4 is 14.2 Å². The number of hydrogen-bond donors (Lipinski definition) is 1. The van der Waals surface area contributed by atoms with Crippen molar-refractivity contribution in [3.8, 4) is 11.5 Å². The minimum atomic E-state index is -3.72. The molecule has 1 aromatic rings. The summed E-state index contributed by atoms with van der Waals surface area (Å²) in [4.78, 5) is 2.14. The summed E-state index contributed by atoms with van der Waals surface area (Å²) in [5, 5.41) is 0.210. The highest BCUT2D eigenvalue weighted by atomic mass is 35.5. The Balaban J connectivity index is 2.07. The molecule has 0 amide bonds. The van der Waals surface area contributed by atoms with E-state index in [0.717, 1.165) is 13.1 Å². The summed E-state index contributed by atoms with van der Waals surface area (Å²) in [5.74, 6) is 0.543. The molecule has 1 fully saturated rings. The molecule has 0 unspecified atom stereocenters. The Hall–Kier alpha value is -1.06. The first-order chi connectivity index (χ1) is 11.0. The molecule has 23 heavy (non-hydrogen) atoms. The maximum Gasteiger partial charge on any atom is 0.244 e. The molecule has 1 saturated heterocycles. The van der Waals surface area contributed by atoms with Gasteiger partial charge in [0.1, 0.15) is 16.4 Å². The predicted molar refractivity (Wildman–Crippen MR) is 87.0 cm³/mol. The van der Waals surface area contributed by atoms with Crippen LogP contribution in [0.2, 0.25) is 5.02 Å². The number of rotatable bonds is 7. The second-order valence-electron chi connectivity index (χ2n) is 4.99. The molecule has 1 aliphatic heterocycles. The van der Waals surface area contributed by atoms with Gasteiger partial charge in [-0.2, -0.15) is 0 Å². The lowest BCUT2D eigenvalue weighted by Crippen LogP contribution is -2.41. The number of morpholine rings is 1. The normalized spacial score (nSPS) is 16.3. The summed E-state index contributed by atoms with van der Waals surface area (Å²) in [7, 11) is -0.872. The van der Waals surface area contributed by atoms with Gasteiger partial charge < -0.3 is 14.2 Å². The molecule has 1 N–H and O–H groups in total. The highest BCUT2D eigenvalue weighted by Crippen LogP contribution is 2.34. The van der Waals surface area contributed by atoms with E-state index in [9.17, 15) is 8.42 Å². The van der Waals surface area contributed by atoms with Crippen LogP contribution in [-0.2, 0) is 14.8 Å². The van der Waals surface area contributed by atoms with Crippen molar-refractivity contribution >= 4 is 21.6 Å². The van der Waals surface area contributed by atoms with Crippen LogP contribution in [0.1, 0.15) is 0 Å². The van der Waals surface area contributed by atoms with Gasteiger partial charge in [0.2, 0.25) is 10.0 Å². The summed E-state index contributed by atoms with van der Waals surface area (Å²) in [6.45, 7) is 3.88. The quantitative estimate of drug-likeness (QED) is 0.776. The van der Waals surface area contributed by atoms with E-state index in [1.54, 1.807) is 0 Å². The number of halogens is 1. The molecule has 0 spiro atoms. The molecule has 130 valence electrons. The number of nitrogens with one attached hydrogen (secondary N) is 1. The molecule has 1 heterocycles. The summed E-state index contributed by atoms with van der Waals surface area (Å²) in [6, 6.07) is 2.79. The summed E-state index contributed by atoms with van der Waals surface area (Å²) >= 11 is 6.03. The van der Waals surface area contributed by atoms with Crippen molar-refractivity contribution in [1.29, 1.82) is 0 Å². The number of sulfonamides is 1. The van der Waals surface area contributed by atoms with Crippen molar-refractivity contribution in [2.75, 3.05) is 53.6 Å². The summed E-state index contributed by atoms with van der Waals surface area (Å²) in [5.41, 5.74) is 0. The van der Waals surface area contributed by atoms with Gasteiger partial charge in [0.25, 0.3) is 0 Å². The fourth-order valence-electron chi connectivity index (χ4n) is 2.28. The third-order valence-corrected chi connectivity index (χ3v) is 5.33. The topological polar surface area (TPSA) is 77.1 Å². The van der Waals surface area contributed by atoms with Gasteiger partial charge in [0.15, 0.2) is 0 Å². The Bertz CT molecular complexity index is 632. The van der Waals surface area contributed by atoms with Crippen LogP contribution in [0, 0.1) is 0 Å². The zero-order chi connectivity index (χ0) is 16.9. The van der Waals surface area contributed by atoms with E-state index in [-0.39, 0.29) is 15.7 Å². The molecular weight excluding hydrogens is 344 g/mol. The molecule has 1 aromatic carbocycles. The molecule has 1 aliphatic rings. The second-order valence-corrected chi connectivity index (χ2v) is 7.13. The Morgan fingerprint density at radius 2 is 1.87 bits per heavy atom. The first-order valence-corrected chi connectivity index (χ1v) is 9.05. The number of methoxy groups -OCH3 is 2. The van der Waals surface area contributed by atoms with Crippen molar-refractivity contribution in [2.45, 2.75) is 4.90 Å². The summed E-state index contributed by atoms with van der Waals surface area (Å²) < 4.78 is 43.0. The van der Waals surface area contributed by atoms with Crippen LogP contribution >= 0.6 is 11.6 Å². The van der Waals surface area contributed by atoms with Gasteiger partial charge in [-0.25, -0.2) is 13.1 Å². The maximum absolute atomic E-state index is 12.5. The molecule has 0 atom stereocenters. The molecule has 0 bridgehead atoms. The van der Waals surface area contributed by atoms with Crippen LogP contribution in [0.25, 0.3) is 0 Å². The fraction of sp³-hybridized carbons (Fsp3) is 0.571. The molecule has 7 nitrogen and oxygen atoms in total. The number of hydrogen-bond acceptors (Lipinski definition) is 6. The van der Waals surface area contributed by atoms with Crippen molar-refractivity contribution in [3.63, 3.8) is 0 Å². The Kier molecular flexibility index (Phi) is 6.49. The number of benzene rings is 1. The minimum Gasteiger partial charge on any atom is -0.495 e. The zero-order valence-corrected chi connectivity index (χ0v) is 14.7. The first-order valence-electron chi connectivity index (χ1n) is 7.19. The Labute approximate surface area is 141 Å². The van der Waals surface area contributed by atoms with E-state index in [0.29, 0.717) is 32.1 Å². The van der Waals surface area contributed by atoms with Crippen LogP contribution in [0.3, 0.4) is 0 Å². The number of ether oxygens (including phenoxy) is 3. The van der Waals surface area contributed by atoms with Crippen molar-refractivity contribution in [1.82, 2.24) is 9.62 Å². The van der Waals surface area contributed by atoms with E-state index in [1.165, 1.54) is 26.4 Å². The summed E-state index contributed by atoms with van der Waals surface area (Å²) in [6.07, 6.45) is 0. The maximum atomic E-state index is 12.5. The fourth-order valence-corrected chi connectivity index (χ4v) is 3.78. The lowest BCUT2D eigenvalue weighted by Gasteiger charge is -2.26. The van der Waals surface area contributed by atoms with Gasteiger partial charge in [-0.1, -0.05) is 11.6 Å².